The van der Waals surface area contributed by atoms with E-state index in [0.29, 0.717) is 0 Å². The highest BCUT2D eigenvalue weighted by Gasteiger charge is 2.36. The smallest absolute Gasteiger partial charge is 0.0582 e. The molecule has 0 radical (unpaired) electrons. The van der Waals surface area contributed by atoms with Crippen molar-refractivity contribution in [1.82, 2.24) is 4.57 Å². The number of aromatic nitrogens is 1. The van der Waals surface area contributed by atoms with Gasteiger partial charge in [-0.1, -0.05) is 149 Å². The van der Waals surface area contributed by atoms with E-state index in [2.05, 4.69) is 207 Å². The van der Waals surface area contributed by atoms with E-state index in [-0.39, 0.29) is 10.8 Å². The van der Waals surface area contributed by atoms with Gasteiger partial charge in [-0.3, -0.25) is 0 Å². The van der Waals surface area contributed by atoms with Crippen LogP contribution in [-0.4, -0.2) is 4.57 Å². The Hall–Kier alpha value is -6.38. The topological polar surface area (TPSA) is 8.17 Å². The highest BCUT2D eigenvalue weighted by atomic mass is 15.1. The van der Waals surface area contributed by atoms with Gasteiger partial charge in [0.1, 0.15) is 0 Å². The lowest BCUT2D eigenvalue weighted by Crippen LogP contribution is -2.26. The van der Waals surface area contributed by atoms with E-state index in [4.69, 9.17) is 0 Å². The van der Waals surface area contributed by atoms with Crippen LogP contribution in [0.2, 0.25) is 0 Å². The van der Waals surface area contributed by atoms with Crippen molar-refractivity contribution in [2.75, 3.05) is 4.90 Å². The molecule has 258 valence electrons. The summed E-state index contributed by atoms with van der Waals surface area (Å²) < 4.78 is 2.50. The Bertz CT molecular complexity index is 2990. The fraction of sp³-hybridized carbons (Fsp3) is 0.115. The molecule has 2 heterocycles. The lowest BCUT2D eigenvalue weighted by atomic mass is 9.75. The van der Waals surface area contributed by atoms with Gasteiger partial charge >= 0.3 is 0 Å². The summed E-state index contributed by atoms with van der Waals surface area (Å²) in [5, 5.41) is 5.01. The van der Waals surface area contributed by atoms with E-state index in [9.17, 15) is 0 Å². The molecular formula is C52H40N2. The first-order valence-corrected chi connectivity index (χ1v) is 19.1. The molecule has 2 nitrogen and oxygen atoms in total. The van der Waals surface area contributed by atoms with E-state index >= 15 is 0 Å². The Morgan fingerprint density at radius 3 is 1.93 bits per heavy atom. The SMILES string of the molecule is CC1(C)c2ccccc2-c2ccc(-c3ccc(N(c4ccc5c(c4)c4cccc6c4n5-c4ccccc4C6(C)C)c4cccc5ccccc45)cc3)cc21. The second kappa shape index (κ2) is 11.1. The average Bonchev–Trinajstić information content (AvgIpc) is 3.66. The van der Waals surface area contributed by atoms with Crippen LogP contribution in [0, 0.1) is 0 Å². The third-order valence-corrected chi connectivity index (χ3v) is 12.6. The number of anilines is 3. The molecule has 0 unspecified atom stereocenters. The molecular weight excluding hydrogens is 653 g/mol. The van der Waals surface area contributed by atoms with Crippen molar-refractivity contribution >= 4 is 49.6 Å². The zero-order valence-corrected chi connectivity index (χ0v) is 31.1. The average molecular weight is 693 g/mol. The van der Waals surface area contributed by atoms with Crippen molar-refractivity contribution in [3.8, 4) is 27.9 Å². The van der Waals surface area contributed by atoms with Crippen LogP contribution < -0.4 is 4.90 Å². The van der Waals surface area contributed by atoms with E-state index < -0.39 is 0 Å². The van der Waals surface area contributed by atoms with Crippen LogP contribution in [0.25, 0.3) is 60.5 Å². The van der Waals surface area contributed by atoms with Crippen LogP contribution in [0.3, 0.4) is 0 Å². The van der Waals surface area contributed by atoms with Crippen molar-refractivity contribution in [3.63, 3.8) is 0 Å². The van der Waals surface area contributed by atoms with E-state index in [1.807, 2.05) is 0 Å². The number of hydrogen-bond acceptors (Lipinski definition) is 1. The minimum atomic E-state index is -0.0986. The van der Waals surface area contributed by atoms with Gasteiger partial charge in [0.15, 0.2) is 0 Å². The molecule has 0 N–H and O–H groups in total. The summed E-state index contributed by atoms with van der Waals surface area (Å²) in [6, 6.07) is 63.3. The van der Waals surface area contributed by atoms with Gasteiger partial charge in [-0.05, 0) is 98.4 Å². The maximum Gasteiger partial charge on any atom is 0.0582 e. The molecule has 0 bridgehead atoms. The molecule has 8 aromatic carbocycles. The lowest BCUT2D eigenvalue weighted by Gasteiger charge is -2.34. The van der Waals surface area contributed by atoms with E-state index in [1.54, 1.807) is 0 Å². The zero-order chi connectivity index (χ0) is 36.3. The van der Waals surface area contributed by atoms with Crippen LogP contribution >= 0.6 is 0 Å². The third-order valence-electron chi connectivity index (χ3n) is 12.6. The summed E-state index contributed by atoms with van der Waals surface area (Å²) in [4.78, 5) is 2.44. The molecule has 1 aromatic heterocycles. The van der Waals surface area contributed by atoms with Gasteiger partial charge in [-0.25, -0.2) is 0 Å². The monoisotopic (exact) mass is 692 g/mol. The standard InChI is InChI=1S/C52H40N2/c1-51(2)43-18-8-7-16-39(43)40-29-25-35(31-46(40)51)33-23-26-36(27-24-33)53(47-22-11-14-34-13-5-6-15-38(34)47)37-28-30-48-42(32-37)41-17-12-20-45-50(41)54(48)49-21-10-9-19-44(49)52(45,3)4/h5-32H,1-4H3. The van der Waals surface area contributed by atoms with Crippen molar-refractivity contribution < 1.29 is 0 Å². The predicted molar refractivity (Wildman–Crippen MR) is 228 cm³/mol. The number of hydrogen-bond donors (Lipinski definition) is 0. The maximum absolute atomic E-state index is 2.50. The normalized spacial score (nSPS) is 14.6. The van der Waals surface area contributed by atoms with Crippen molar-refractivity contribution in [1.29, 1.82) is 0 Å². The Balaban J connectivity index is 1.08. The Labute approximate surface area is 316 Å². The highest BCUT2D eigenvalue weighted by molar-refractivity contribution is 6.13. The Kier molecular flexibility index (Phi) is 6.39. The molecule has 0 fully saturated rings. The highest BCUT2D eigenvalue weighted by Crippen LogP contribution is 2.51. The molecule has 0 amide bonds. The molecule has 11 rings (SSSR count). The fourth-order valence-electron chi connectivity index (χ4n) is 9.81. The summed E-state index contributed by atoms with van der Waals surface area (Å²) in [5.41, 5.74) is 17.8. The molecule has 2 aliphatic rings. The second-order valence-electron chi connectivity index (χ2n) is 16.2. The van der Waals surface area contributed by atoms with Gasteiger partial charge in [0.25, 0.3) is 0 Å². The minimum Gasteiger partial charge on any atom is -0.310 e. The number of nitrogens with zero attached hydrogens (tertiary/aromatic N) is 2. The summed E-state index contributed by atoms with van der Waals surface area (Å²) in [5.74, 6) is 0. The quantitative estimate of drug-likeness (QED) is 0.178. The number of rotatable bonds is 4. The van der Waals surface area contributed by atoms with Crippen LogP contribution in [-0.2, 0) is 10.8 Å². The van der Waals surface area contributed by atoms with Crippen LogP contribution in [0.4, 0.5) is 17.1 Å². The molecule has 9 aromatic rings. The minimum absolute atomic E-state index is 0.0348. The van der Waals surface area contributed by atoms with Crippen molar-refractivity contribution in [2.24, 2.45) is 0 Å². The van der Waals surface area contributed by atoms with Gasteiger partial charge in [0.2, 0.25) is 0 Å². The molecule has 0 saturated carbocycles. The molecule has 1 aliphatic heterocycles. The molecule has 54 heavy (non-hydrogen) atoms. The molecule has 0 spiro atoms. The van der Waals surface area contributed by atoms with Gasteiger partial charge in [-0.15, -0.1) is 0 Å². The Morgan fingerprint density at radius 2 is 1.06 bits per heavy atom. The first-order valence-electron chi connectivity index (χ1n) is 19.1. The predicted octanol–water partition coefficient (Wildman–Crippen LogP) is 14.0. The van der Waals surface area contributed by atoms with Crippen LogP contribution in [0.1, 0.15) is 49.9 Å². The van der Waals surface area contributed by atoms with Crippen LogP contribution in [0.5, 0.6) is 0 Å². The van der Waals surface area contributed by atoms with E-state index in [1.165, 1.54) is 82.8 Å². The van der Waals surface area contributed by atoms with Crippen molar-refractivity contribution in [3.05, 3.63) is 192 Å². The fourth-order valence-corrected chi connectivity index (χ4v) is 9.81. The number of fused-ring (bicyclic) bond motifs is 9. The zero-order valence-electron chi connectivity index (χ0n) is 31.1. The summed E-state index contributed by atoms with van der Waals surface area (Å²) in [7, 11) is 0. The lowest BCUT2D eigenvalue weighted by molar-refractivity contribution is 0.630. The number of para-hydroxylation sites is 2. The van der Waals surface area contributed by atoms with Gasteiger partial charge < -0.3 is 9.47 Å². The molecule has 1 aliphatic carbocycles. The molecule has 0 atom stereocenters. The Morgan fingerprint density at radius 1 is 0.426 bits per heavy atom. The van der Waals surface area contributed by atoms with E-state index in [0.717, 1.165) is 17.1 Å². The number of benzene rings is 8. The molecule has 2 heteroatoms. The van der Waals surface area contributed by atoms with Gasteiger partial charge in [-0.2, -0.15) is 0 Å². The van der Waals surface area contributed by atoms with Crippen molar-refractivity contribution in [2.45, 2.75) is 38.5 Å². The maximum atomic E-state index is 2.50. The first-order chi connectivity index (χ1) is 26.3. The van der Waals surface area contributed by atoms with Gasteiger partial charge in [0.05, 0.1) is 22.4 Å². The van der Waals surface area contributed by atoms with Gasteiger partial charge in [0, 0.05) is 38.4 Å². The first kappa shape index (κ1) is 31.2. The largest absolute Gasteiger partial charge is 0.310 e. The third kappa shape index (κ3) is 4.23. The summed E-state index contributed by atoms with van der Waals surface area (Å²) >= 11 is 0. The summed E-state index contributed by atoms with van der Waals surface area (Å²) in [6.45, 7) is 9.43. The summed E-state index contributed by atoms with van der Waals surface area (Å²) in [6.07, 6.45) is 0. The second-order valence-corrected chi connectivity index (χ2v) is 16.2. The molecule has 0 saturated heterocycles. The van der Waals surface area contributed by atoms with Crippen LogP contribution in [0.15, 0.2) is 170 Å².